The summed E-state index contributed by atoms with van der Waals surface area (Å²) in [6, 6.07) is 11.4. The largest absolute Gasteiger partial charge is 0.488 e. The number of para-hydroxylation sites is 2. The van der Waals surface area contributed by atoms with Crippen molar-refractivity contribution in [2.24, 2.45) is 0 Å². The van der Waals surface area contributed by atoms with Gasteiger partial charge in [0.15, 0.2) is 11.6 Å². The van der Waals surface area contributed by atoms with E-state index in [4.69, 9.17) is 4.74 Å². The van der Waals surface area contributed by atoms with Crippen molar-refractivity contribution in [1.29, 1.82) is 0 Å². The maximum Gasteiger partial charge on any atom is 0.221 e. The molecule has 1 unspecified atom stereocenters. The Kier molecular flexibility index (Phi) is 8.17. The van der Waals surface area contributed by atoms with Crippen molar-refractivity contribution in [3.8, 4) is 5.75 Å². The molecule has 3 N–H and O–H groups in total. The zero-order valence-corrected chi connectivity index (χ0v) is 18.5. The van der Waals surface area contributed by atoms with E-state index in [1.54, 1.807) is 31.2 Å². The van der Waals surface area contributed by atoms with Crippen molar-refractivity contribution >= 4 is 11.6 Å². The minimum atomic E-state index is -1.09. The van der Waals surface area contributed by atoms with E-state index in [1.165, 1.54) is 13.0 Å². The quantitative estimate of drug-likeness (QED) is 0.550. The van der Waals surface area contributed by atoms with E-state index in [2.05, 4.69) is 15.5 Å². The number of carbonyl (C=O) groups excluding carboxylic acids is 1. The summed E-state index contributed by atoms with van der Waals surface area (Å²) < 4.78 is 32.3. The van der Waals surface area contributed by atoms with Gasteiger partial charge < -0.3 is 20.5 Å². The molecule has 1 saturated heterocycles. The number of likely N-dealkylation sites (tertiary alicyclic amines) is 1. The van der Waals surface area contributed by atoms with Crippen LogP contribution in [0, 0.1) is 11.6 Å². The third-order valence-electron chi connectivity index (χ3n) is 5.49. The standard InChI is InChI=1S/C24H31F2N3O3/c1-17(30)28-22-5-3-4-6-23(22)32-16-24(2,31)15-27-19-9-11-29(12-10-19)14-18-7-8-20(25)21(26)13-18/h3-8,13,19,27,31H,9-12,14-16H2,1-2H3,(H,28,30). The van der Waals surface area contributed by atoms with Gasteiger partial charge in [-0.15, -0.1) is 0 Å². The first kappa shape index (κ1) is 24.1. The van der Waals surface area contributed by atoms with Gasteiger partial charge in [0.2, 0.25) is 5.91 Å². The summed E-state index contributed by atoms with van der Waals surface area (Å²) >= 11 is 0. The molecule has 1 aliphatic heterocycles. The number of nitrogens with one attached hydrogen (secondary N) is 2. The van der Waals surface area contributed by atoms with Crippen molar-refractivity contribution < 1.29 is 23.4 Å². The Balaban J connectivity index is 1.42. The highest BCUT2D eigenvalue weighted by Gasteiger charge is 2.26. The fraction of sp³-hybridized carbons (Fsp3) is 0.458. The van der Waals surface area contributed by atoms with Crippen molar-refractivity contribution in [1.82, 2.24) is 10.2 Å². The molecule has 1 aliphatic rings. The molecule has 32 heavy (non-hydrogen) atoms. The molecule has 0 aromatic heterocycles. The van der Waals surface area contributed by atoms with Gasteiger partial charge >= 0.3 is 0 Å². The number of ether oxygens (including phenoxy) is 1. The van der Waals surface area contributed by atoms with Crippen LogP contribution in [0.25, 0.3) is 0 Å². The maximum absolute atomic E-state index is 13.4. The minimum absolute atomic E-state index is 0.0750. The Morgan fingerprint density at radius 2 is 1.91 bits per heavy atom. The van der Waals surface area contributed by atoms with E-state index in [9.17, 15) is 18.7 Å². The highest BCUT2D eigenvalue weighted by atomic mass is 19.2. The van der Waals surface area contributed by atoms with Crippen LogP contribution in [0.5, 0.6) is 5.75 Å². The SMILES string of the molecule is CC(=O)Nc1ccccc1OCC(C)(O)CNC1CCN(Cc2ccc(F)c(F)c2)CC1. The minimum Gasteiger partial charge on any atom is -0.488 e. The second-order valence-electron chi connectivity index (χ2n) is 8.64. The smallest absolute Gasteiger partial charge is 0.221 e. The second kappa shape index (κ2) is 10.8. The molecule has 174 valence electrons. The Labute approximate surface area is 187 Å². The summed E-state index contributed by atoms with van der Waals surface area (Å²) in [5.74, 6) is -1.33. The summed E-state index contributed by atoms with van der Waals surface area (Å²) in [5.41, 5.74) is 0.235. The van der Waals surface area contributed by atoms with Crippen LogP contribution in [0.3, 0.4) is 0 Å². The van der Waals surface area contributed by atoms with Crippen LogP contribution in [-0.4, -0.2) is 53.8 Å². The van der Waals surface area contributed by atoms with E-state index in [0.717, 1.165) is 37.6 Å². The summed E-state index contributed by atoms with van der Waals surface area (Å²) in [6.45, 7) is 5.83. The van der Waals surface area contributed by atoms with Gasteiger partial charge in [-0.1, -0.05) is 18.2 Å². The van der Waals surface area contributed by atoms with Gasteiger partial charge in [-0.25, -0.2) is 8.78 Å². The summed E-state index contributed by atoms with van der Waals surface area (Å²) in [5, 5.41) is 16.8. The molecule has 1 amide bonds. The number of piperidine rings is 1. The maximum atomic E-state index is 13.4. The fourth-order valence-electron chi connectivity index (χ4n) is 3.73. The van der Waals surface area contributed by atoms with Crippen LogP contribution in [0.1, 0.15) is 32.3 Å². The lowest BCUT2D eigenvalue weighted by atomic mass is 10.0. The Morgan fingerprint density at radius 3 is 2.59 bits per heavy atom. The van der Waals surface area contributed by atoms with E-state index < -0.39 is 17.2 Å². The Hall–Kier alpha value is -2.55. The summed E-state index contributed by atoms with van der Waals surface area (Å²) in [4.78, 5) is 13.6. The van der Waals surface area contributed by atoms with Gasteiger partial charge in [-0.2, -0.15) is 0 Å². The summed E-state index contributed by atoms with van der Waals surface area (Å²) in [6.07, 6.45) is 1.79. The van der Waals surface area contributed by atoms with E-state index in [0.29, 0.717) is 24.5 Å². The molecule has 0 aliphatic carbocycles. The number of nitrogens with zero attached hydrogens (tertiary/aromatic N) is 1. The number of halogens is 2. The van der Waals surface area contributed by atoms with Gasteiger partial charge in [0, 0.05) is 26.1 Å². The molecule has 6 nitrogen and oxygen atoms in total. The van der Waals surface area contributed by atoms with Gasteiger partial charge in [0.25, 0.3) is 0 Å². The second-order valence-corrected chi connectivity index (χ2v) is 8.64. The number of amides is 1. The number of rotatable bonds is 9. The molecule has 2 aromatic carbocycles. The fourth-order valence-corrected chi connectivity index (χ4v) is 3.73. The van der Waals surface area contributed by atoms with Crippen molar-refractivity contribution in [3.05, 3.63) is 59.7 Å². The van der Waals surface area contributed by atoms with Crippen molar-refractivity contribution in [3.63, 3.8) is 0 Å². The van der Waals surface area contributed by atoms with Crippen LogP contribution in [0.15, 0.2) is 42.5 Å². The third kappa shape index (κ3) is 7.25. The lowest BCUT2D eigenvalue weighted by molar-refractivity contribution is -0.114. The topological polar surface area (TPSA) is 73.8 Å². The first-order valence-electron chi connectivity index (χ1n) is 10.8. The number of aliphatic hydroxyl groups is 1. The van der Waals surface area contributed by atoms with E-state index in [1.807, 2.05) is 6.07 Å². The molecule has 1 heterocycles. The Bertz CT molecular complexity index is 915. The monoisotopic (exact) mass is 447 g/mol. The third-order valence-corrected chi connectivity index (χ3v) is 5.49. The molecule has 0 bridgehead atoms. The predicted molar refractivity (Wildman–Crippen MR) is 120 cm³/mol. The van der Waals surface area contributed by atoms with Gasteiger partial charge in [-0.05, 0) is 62.7 Å². The molecule has 0 spiro atoms. The number of hydrogen-bond donors (Lipinski definition) is 3. The number of hydrogen-bond acceptors (Lipinski definition) is 5. The molecule has 8 heteroatoms. The Morgan fingerprint density at radius 1 is 1.19 bits per heavy atom. The predicted octanol–water partition coefficient (Wildman–Crippen LogP) is 3.31. The van der Waals surface area contributed by atoms with Crippen LogP contribution in [-0.2, 0) is 11.3 Å². The van der Waals surface area contributed by atoms with Crippen molar-refractivity contribution in [2.45, 2.75) is 44.9 Å². The molecule has 0 saturated carbocycles. The van der Waals surface area contributed by atoms with Crippen molar-refractivity contribution in [2.75, 3.05) is 31.6 Å². The van der Waals surface area contributed by atoms with Crippen LogP contribution in [0.4, 0.5) is 14.5 Å². The van der Waals surface area contributed by atoms with Gasteiger partial charge in [0.05, 0.1) is 5.69 Å². The van der Waals surface area contributed by atoms with Gasteiger partial charge in [-0.3, -0.25) is 9.69 Å². The molecule has 2 aromatic rings. The first-order valence-corrected chi connectivity index (χ1v) is 10.8. The highest BCUT2D eigenvalue weighted by Crippen LogP contribution is 2.25. The van der Waals surface area contributed by atoms with E-state index in [-0.39, 0.29) is 18.6 Å². The zero-order chi connectivity index (χ0) is 23.1. The number of anilines is 1. The number of carbonyl (C=O) groups is 1. The molecule has 1 atom stereocenters. The van der Waals surface area contributed by atoms with E-state index >= 15 is 0 Å². The molecule has 1 fully saturated rings. The van der Waals surface area contributed by atoms with Crippen LogP contribution >= 0.6 is 0 Å². The van der Waals surface area contributed by atoms with Gasteiger partial charge in [0.1, 0.15) is 18.0 Å². The molecule has 0 radical (unpaired) electrons. The zero-order valence-electron chi connectivity index (χ0n) is 18.5. The molecular weight excluding hydrogens is 416 g/mol. The van der Waals surface area contributed by atoms with Crippen LogP contribution < -0.4 is 15.4 Å². The summed E-state index contributed by atoms with van der Waals surface area (Å²) in [7, 11) is 0. The van der Waals surface area contributed by atoms with Crippen LogP contribution in [0.2, 0.25) is 0 Å². The number of benzene rings is 2. The lowest BCUT2D eigenvalue weighted by Crippen LogP contribution is -2.49. The normalized spacial score (nSPS) is 17.0. The molecule has 3 rings (SSSR count). The average molecular weight is 448 g/mol. The average Bonchev–Trinajstić information content (AvgIpc) is 2.75. The lowest BCUT2D eigenvalue weighted by Gasteiger charge is -2.34. The first-order chi connectivity index (χ1) is 15.2. The highest BCUT2D eigenvalue weighted by molar-refractivity contribution is 5.90. The molecular formula is C24H31F2N3O3.